The van der Waals surface area contributed by atoms with Crippen molar-refractivity contribution < 1.29 is 4.74 Å². The van der Waals surface area contributed by atoms with Crippen LogP contribution in [-0.2, 0) is 4.74 Å². The van der Waals surface area contributed by atoms with Gasteiger partial charge in [-0.05, 0) is 13.8 Å². The van der Waals surface area contributed by atoms with Crippen LogP contribution in [0.15, 0.2) is 4.99 Å². The van der Waals surface area contributed by atoms with Crippen LogP contribution in [0.4, 0.5) is 0 Å². The lowest BCUT2D eigenvalue weighted by atomic mass is 10.4. The number of methoxy groups -OCH3 is 1. The van der Waals surface area contributed by atoms with Crippen molar-refractivity contribution in [2.75, 3.05) is 7.11 Å². The van der Waals surface area contributed by atoms with Gasteiger partial charge in [-0.2, -0.15) is 0 Å². The van der Waals surface area contributed by atoms with Gasteiger partial charge in [0.2, 0.25) is 0 Å². The highest BCUT2D eigenvalue weighted by Gasteiger charge is 1.79. The Morgan fingerprint density at radius 2 is 2.00 bits per heavy atom. The lowest BCUT2D eigenvalue weighted by Crippen LogP contribution is -1.89. The number of halogens is 1. The Kier molecular flexibility index (Phi) is 9.03. The van der Waals surface area contributed by atoms with Crippen LogP contribution >= 0.6 is 12.4 Å². The summed E-state index contributed by atoms with van der Waals surface area (Å²) in [5, 5.41) is 0. The third kappa shape index (κ3) is 9.23. The van der Waals surface area contributed by atoms with Crippen LogP contribution < -0.4 is 0 Å². The van der Waals surface area contributed by atoms with Crippen LogP contribution in [-0.4, -0.2) is 19.6 Å². The van der Waals surface area contributed by atoms with E-state index in [0.717, 1.165) is 0 Å². The van der Waals surface area contributed by atoms with E-state index in [1.54, 1.807) is 7.11 Å². The summed E-state index contributed by atoms with van der Waals surface area (Å²) in [6.45, 7) is 3.99. The van der Waals surface area contributed by atoms with Gasteiger partial charge in [0.1, 0.15) is 0 Å². The molecule has 0 atom stereocenters. The van der Waals surface area contributed by atoms with Crippen LogP contribution in [0, 0.1) is 0 Å². The molecule has 0 spiro atoms. The monoisotopic (exact) mass is 137 g/mol. The van der Waals surface area contributed by atoms with E-state index in [1.165, 1.54) is 6.40 Å². The zero-order valence-electron chi connectivity index (χ0n) is 5.42. The summed E-state index contributed by atoms with van der Waals surface area (Å²) in [5.41, 5.74) is 0. The smallest absolute Gasteiger partial charge is 0.169 e. The van der Waals surface area contributed by atoms with Crippen molar-refractivity contribution in [1.29, 1.82) is 0 Å². The molecule has 0 radical (unpaired) electrons. The van der Waals surface area contributed by atoms with Crippen LogP contribution in [0.3, 0.4) is 0 Å². The third-order valence-corrected chi connectivity index (χ3v) is 0.464. The second-order valence-electron chi connectivity index (χ2n) is 1.58. The van der Waals surface area contributed by atoms with E-state index in [1.807, 2.05) is 13.8 Å². The van der Waals surface area contributed by atoms with Gasteiger partial charge in [0.25, 0.3) is 0 Å². The number of hydrogen-bond donors (Lipinski definition) is 0. The highest BCUT2D eigenvalue weighted by molar-refractivity contribution is 5.85. The molecule has 3 heteroatoms. The normalized spacial score (nSPS) is 9.50. The van der Waals surface area contributed by atoms with Gasteiger partial charge < -0.3 is 4.74 Å². The van der Waals surface area contributed by atoms with Gasteiger partial charge in [-0.3, -0.25) is 4.99 Å². The molecule has 0 saturated carbocycles. The van der Waals surface area contributed by atoms with Gasteiger partial charge in [-0.25, -0.2) is 0 Å². The Bertz CT molecular complexity index is 63.4. The molecule has 0 aliphatic carbocycles. The highest BCUT2D eigenvalue weighted by atomic mass is 35.5. The first-order valence-corrected chi connectivity index (χ1v) is 2.32. The number of rotatable bonds is 2. The lowest BCUT2D eigenvalue weighted by Gasteiger charge is -1.90. The molecule has 0 bridgehead atoms. The van der Waals surface area contributed by atoms with E-state index in [0.29, 0.717) is 6.04 Å². The quantitative estimate of drug-likeness (QED) is 0.418. The molecule has 0 aliphatic rings. The molecule has 0 amide bonds. The summed E-state index contributed by atoms with van der Waals surface area (Å²) in [7, 11) is 1.59. The molecule has 0 N–H and O–H groups in total. The SMILES string of the molecule is COC=NC(C)C.Cl. The summed E-state index contributed by atoms with van der Waals surface area (Å²) in [6, 6.07) is 0.347. The van der Waals surface area contributed by atoms with E-state index in [9.17, 15) is 0 Å². The van der Waals surface area contributed by atoms with Crippen LogP contribution in [0.5, 0.6) is 0 Å². The minimum Gasteiger partial charge on any atom is -0.487 e. The fourth-order valence-electron chi connectivity index (χ4n) is 0.183. The predicted molar refractivity (Wildman–Crippen MR) is 37.9 cm³/mol. The Labute approximate surface area is 56.4 Å². The van der Waals surface area contributed by atoms with Crippen molar-refractivity contribution >= 4 is 18.8 Å². The standard InChI is InChI=1S/C5H11NO.ClH/c1-5(2)6-4-7-3;/h4-5H,1-3H3;1H. The molecule has 0 aromatic heterocycles. The summed E-state index contributed by atoms with van der Waals surface area (Å²) in [4.78, 5) is 3.90. The molecule has 0 saturated heterocycles. The van der Waals surface area contributed by atoms with Crippen molar-refractivity contribution in [1.82, 2.24) is 0 Å². The molecule has 0 rings (SSSR count). The molecule has 2 nitrogen and oxygen atoms in total. The van der Waals surface area contributed by atoms with E-state index in [4.69, 9.17) is 0 Å². The number of nitrogens with zero attached hydrogens (tertiary/aromatic N) is 1. The van der Waals surface area contributed by atoms with Gasteiger partial charge in [-0.1, -0.05) is 0 Å². The van der Waals surface area contributed by atoms with Crippen molar-refractivity contribution in [2.45, 2.75) is 19.9 Å². The van der Waals surface area contributed by atoms with E-state index < -0.39 is 0 Å². The van der Waals surface area contributed by atoms with E-state index in [-0.39, 0.29) is 12.4 Å². The maximum atomic E-state index is 4.56. The van der Waals surface area contributed by atoms with Crippen molar-refractivity contribution in [3.8, 4) is 0 Å². The molecule has 0 aliphatic heterocycles. The second-order valence-corrected chi connectivity index (χ2v) is 1.58. The Hall–Kier alpha value is -0.240. The lowest BCUT2D eigenvalue weighted by molar-refractivity contribution is 0.419. The molecule has 0 unspecified atom stereocenters. The Morgan fingerprint density at radius 1 is 1.50 bits per heavy atom. The second kappa shape index (κ2) is 6.76. The van der Waals surface area contributed by atoms with Crippen molar-refractivity contribution in [3.63, 3.8) is 0 Å². The first-order valence-electron chi connectivity index (χ1n) is 2.32. The molecule has 0 aromatic rings. The van der Waals surface area contributed by atoms with Crippen LogP contribution in [0.2, 0.25) is 0 Å². The fraction of sp³-hybridized carbons (Fsp3) is 0.800. The minimum absolute atomic E-state index is 0. The number of aliphatic imine (C=N–C) groups is 1. The van der Waals surface area contributed by atoms with Crippen molar-refractivity contribution in [2.24, 2.45) is 4.99 Å². The molecule has 0 aromatic carbocycles. The van der Waals surface area contributed by atoms with Gasteiger partial charge in [0.05, 0.1) is 7.11 Å². The first kappa shape index (κ1) is 10.7. The van der Waals surface area contributed by atoms with Gasteiger partial charge in [0, 0.05) is 6.04 Å². The molecule has 50 valence electrons. The zero-order chi connectivity index (χ0) is 5.70. The Balaban J connectivity index is 0. The average molecular weight is 138 g/mol. The summed E-state index contributed by atoms with van der Waals surface area (Å²) in [5.74, 6) is 0. The van der Waals surface area contributed by atoms with Crippen LogP contribution in [0.1, 0.15) is 13.8 Å². The van der Waals surface area contributed by atoms with Gasteiger partial charge in [0.15, 0.2) is 6.40 Å². The largest absolute Gasteiger partial charge is 0.487 e. The predicted octanol–water partition coefficient (Wildman–Crippen LogP) is 1.49. The van der Waals surface area contributed by atoms with E-state index >= 15 is 0 Å². The van der Waals surface area contributed by atoms with Crippen LogP contribution in [0.25, 0.3) is 0 Å². The fourth-order valence-corrected chi connectivity index (χ4v) is 0.183. The average Bonchev–Trinajstić information content (AvgIpc) is 1.61. The highest BCUT2D eigenvalue weighted by Crippen LogP contribution is 1.80. The summed E-state index contributed by atoms with van der Waals surface area (Å²) < 4.78 is 4.56. The molecule has 8 heavy (non-hydrogen) atoms. The van der Waals surface area contributed by atoms with Gasteiger partial charge in [-0.15, -0.1) is 12.4 Å². The minimum atomic E-state index is 0. The zero-order valence-corrected chi connectivity index (χ0v) is 6.23. The molecular formula is C5H12ClNO. The first-order chi connectivity index (χ1) is 3.27. The molecule has 0 fully saturated rings. The molecule has 0 heterocycles. The number of hydrogen-bond acceptors (Lipinski definition) is 2. The number of ether oxygens (including phenoxy) is 1. The summed E-state index contributed by atoms with van der Waals surface area (Å²) in [6.07, 6.45) is 1.45. The summed E-state index contributed by atoms with van der Waals surface area (Å²) >= 11 is 0. The maximum absolute atomic E-state index is 4.56. The third-order valence-electron chi connectivity index (χ3n) is 0.464. The molecular weight excluding hydrogens is 126 g/mol. The van der Waals surface area contributed by atoms with E-state index in [2.05, 4.69) is 9.73 Å². The Morgan fingerprint density at radius 3 is 2.12 bits per heavy atom. The maximum Gasteiger partial charge on any atom is 0.169 e. The topological polar surface area (TPSA) is 21.6 Å². The van der Waals surface area contributed by atoms with Gasteiger partial charge >= 0.3 is 0 Å². The van der Waals surface area contributed by atoms with Crippen molar-refractivity contribution in [3.05, 3.63) is 0 Å².